The highest BCUT2D eigenvalue weighted by Gasteiger charge is 2.09. The molecule has 1 atom stereocenters. The molecule has 0 radical (unpaired) electrons. The van der Waals surface area contributed by atoms with Crippen molar-refractivity contribution in [3.63, 3.8) is 0 Å². The molecular formula is C12H21N3O2. The summed E-state index contributed by atoms with van der Waals surface area (Å²) in [7, 11) is 1.66. The second kappa shape index (κ2) is 6.39. The first kappa shape index (κ1) is 13.7. The van der Waals surface area contributed by atoms with Crippen LogP contribution in [0.4, 0.5) is 5.82 Å². The molecule has 0 saturated carbocycles. The zero-order valence-electron chi connectivity index (χ0n) is 10.9. The number of hydrogen-bond acceptors (Lipinski definition) is 4. The molecule has 1 aromatic rings. The molecular weight excluding hydrogens is 218 g/mol. The number of methoxy groups -OCH3 is 1. The summed E-state index contributed by atoms with van der Waals surface area (Å²) in [5.41, 5.74) is -0.126. The third-order valence-corrected chi connectivity index (χ3v) is 2.52. The lowest BCUT2D eigenvalue weighted by atomic mass is 10.2. The molecule has 5 nitrogen and oxygen atoms in total. The van der Waals surface area contributed by atoms with E-state index in [9.17, 15) is 4.79 Å². The molecule has 5 heteroatoms. The number of nitrogens with one attached hydrogen (secondary N) is 2. The van der Waals surface area contributed by atoms with Crippen molar-refractivity contribution < 1.29 is 4.74 Å². The number of aromatic amines is 1. The van der Waals surface area contributed by atoms with Crippen molar-refractivity contribution in [3.05, 3.63) is 22.2 Å². The summed E-state index contributed by atoms with van der Waals surface area (Å²) in [5, 5.41) is 3.21. The minimum atomic E-state index is -0.126. The Morgan fingerprint density at radius 3 is 2.76 bits per heavy atom. The van der Waals surface area contributed by atoms with Gasteiger partial charge in [-0.05, 0) is 6.42 Å². The first-order valence-corrected chi connectivity index (χ1v) is 5.93. The van der Waals surface area contributed by atoms with E-state index in [1.54, 1.807) is 7.11 Å². The van der Waals surface area contributed by atoms with Crippen molar-refractivity contribution >= 4 is 5.82 Å². The van der Waals surface area contributed by atoms with Crippen LogP contribution in [0.15, 0.2) is 10.9 Å². The first-order chi connectivity index (χ1) is 8.06. The predicted molar refractivity (Wildman–Crippen MR) is 68.5 cm³/mol. The third kappa shape index (κ3) is 4.19. The van der Waals surface area contributed by atoms with Crippen LogP contribution in [0.25, 0.3) is 0 Å². The maximum absolute atomic E-state index is 11.5. The topological polar surface area (TPSA) is 67.0 Å². The van der Waals surface area contributed by atoms with Gasteiger partial charge in [-0.1, -0.05) is 20.8 Å². The maximum Gasteiger partial charge on any atom is 0.252 e. The molecule has 0 aromatic carbocycles. The Hall–Kier alpha value is -1.36. The largest absolute Gasteiger partial charge is 0.383 e. The van der Waals surface area contributed by atoms with Gasteiger partial charge in [-0.3, -0.25) is 4.79 Å². The standard InChI is InChI=1S/C12H21N3O2/c1-5-9(7-17-4)13-10-6-11(16)15-12(14-10)8(2)3/h6,8-9H,5,7H2,1-4H3,(H2,13,14,15,16). The zero-order valence-corrected chi connectivity index (χ0v) is 10.9. The number of rotatable bonds is 6. The number of hydrogen-bond donors (Lipinski definition) is 2. The second-order valence-corrected chi connectivity index (χ2v) is 4.38. The lowest BCUT2D eigenvalue weighted by Crippen LogP contribution is -2.26. The van der Waals surface area contributed by atoms with Gasteiger partial charge >= 0.3 is 0 Å². The highest BCUT2D eigenvalue weighted by molar-refractivity contribution is 5.34. The lowest BCUT2D eigenvalue weighted by Gasteiger charge is -2.17. The van der Waals surface area contributed by atoms with E-state index in [4.69, 9.17) is 4.74 Å². The van der Waals surface area contributed by atoms with Crippen LogP contribution < -0.4 is 10.9 Å². The van der Waals surface area contributed by atoms with Crippen LogP contribution in [-0.4, -0.2) is 29.7 Å². The van der Waals surface area contributed by atoms with Gasteiger partial charge in [0, 0.05) is 19.1 Å². The van der Waals surface area contributed by atoms with Gasteiger partial charge in [0.05, 0.1) is 12.6 Å². The first-order valence-electron chi connectivity index (χ1n) is 5.93. The minimum Gasteiger partial charge on any atom is -0.383 e. The van der Waals surface area contributed by atoms with Crippen molar-refractivity contribution in [2.75, 3.05) is 19.0 Å². The SMILES string of the molecule is CCC(COC)Nc1cc(=O)[nH]c(C(C)C)n1. The van der Waals surface area contributed by atoms with Crippen LogP contribution in [-0.2, 0) is 4.74 Å². The number of ether oxygens (including phenoxy) is 1. The minimum absolute atomic E-state index is 0.126. The normalized spacial score (nSPS) is 12.8. The van der Waals surface area contributed by atoms with E-state index in [1.807, 2.05) is 13.8 Å². The maximum atomic E-state index is 11.5. The van der Waals surface area contributed by atoms with Crippen LogP contribution in [0.3, 0.4) is 0 Å². The van der Waals surface area contributed by atoms with E-state index in [2.05, 4.69) is 22.2 Å². The molecule has 0 aliphatic carbocycles. The van der Waals surface area contributed by atoms with Gasteiger partial charge in [-0.15, -0.1) is 0 Å². The second-order valence-electron chi connectivity index (χ2n) is 4.38. The molecule has 1 heterocycles. The van der Waals surface area contributed by atoms with Gasteiger partial charge in [0.25, 0.3) is 5.56 Å². The Balaban J connectivity index is 2.86. The summed E-state index contributed by atoms with van der Waals surface area (Å²) in [4.78, 5) is 18.6. The quantitative estimate of drug-likeness (QED) is 0.793. The highest BCUT2D eigenvalue weighted by Crippen LogP contribution is 2.10. The van der Waals surface area contributed by atoms with Crippen LogP contribution in [0.5, 0.6) is 0 Å². The van der Waals surface area contributed by atoms with E-state index in [1.165, 1.54) is 6.07 Å². The lowest BCUT2D eigenvalue weighted by molar-refractivity contribution is 0.184. The van der Waals surface area contributed by atoms with Gasteiger partial charge in [0.15, 0.2) is 0 Å². The fourth-order valence-electron chi connectivity index (χ4n) is 1.50. The molecule has 1 rings (SSSR count). The molecule has 1 aromatic heterocycles. The molecule has 0 spiro atoms. The Labute approximate surface area is 102 Å². The van der Waals surface area contributed by atoms with Crippen molar-refractivity contribution in [2.24, 2.45) is 0 Å². The summed E-state index contributed by atoms with van der Waals surface area (Å²) >= 11 is 0. The summed E-state index contributed by atoms with van der Waals surface area (Å²) in [6.45, 7) is 6.65. The van der Waals surface area contributed by atoms with Gasteiger partial charge in [0.2, 0.25) is 0 Å². The molecule has 96 valence electrons. The molecule has 0 aliphatic heterocycles. The molecule has 0 aliphatic rings. The van der Waals surface area contributed by atoms with E-state index in [-0.39, 0.29) is 17.5 Å². The molecule has 0 saturated heterocycles. The van der Waals surface area contributed by atoms with Crippen LogP contribution in [0.2, 0.25) is 0 Å². The Bertz CT molecular complexity index is 401. The van der Waals surface area contributed by atoms with Crippen molar-refractivity contribution in [2.45, 2.75) is 39.2 Å². The molecule has 0 bridgehead atoms. The fourth-order valence-corrected chi connectivity index (χ4v) is 1.50. The molecule has 0 fully saturated rings. The van der Waals surface area contributed by atoms with Crippen molar-refractivity contribution in [3.8, 4) is 0 Å². The Morgan fingerprint density at radius 2 is 2.24 bits per heavy atom. The average molecular weight is 239 g/mol. The van der Waals surface area contributed by atoms with E-state index < -0.39 is 0 Å². The zero-order chi connectivity index (χ0) is 12.8. The summed E-state index contributed by atoms with van der Waals surface area (Å²) in [6, 6.07) is 1.65. The summed E-state index contributed by atoms with van der Waals surface area (Å²) in [5.74, 6) is 1.51. The van der Waals surface area contributed by atoms with Crippen LogP contribution >= 0.6 is 0 Å². The summed E-state index contributed by atoms with van der Waals surface area (Å²) < 4.78 is 5.10. The molecule has 0 amide bonds. The number of H-pyrrole nitrogens is 1. The van der Waals surface area contributed by atoms with E-state index in [0.717, 1.165) is 6.42 Å². The highest BCUT2D eigenvalue weighted by atomic mass is 16.5. The summed E-state index contributed by atoms with van der Waals surface area (Å²) in [6.07, 6.45) is 0.916. The van der Waals surface area contributed by atoms with Crippen LogP contribution in [0.1, 0.15) is 38.9 Å². The average Bonchev–Trinajstić information content (AvgIpc) is 2.27. The predicted octanol–water partition coefficient (Wildman–Crippen LogP) is 1.73. The monoisotopic (exact) mass is 239 g/mol. The fraction of sp³-hybridized carbons (Fsp3) is 0.667. The molecule has 17 heavy (non-hydrogen) atoms. The van der Waals surface area contributed by atoms with Crippen molar-refractivity contribution in [1.82, 2.24) is 9.97 Å². The van der Waals surface area contributed by atoms with Crippen molar-refractivity contribution in [1.29, 1.82) is 0 Å². The van der Waals surface area contributed by atoms with E-state index in [0.29, 0.717) is 18.2 Å². The molecule has 1 unspecified atom stereocenters. The van der Waals surface area contributed by atoms with Gasteiger partial charge in [0.1, 0.15) is 11.6 Å². The van der Waals surface area contributed by atoms with Gasteiger partial charge in [-0.2, -0.15) is 0 Å². The number of aromatic nitrogens is 2. The number of nitrogens with zero attached hydrogens (tertiary/aromatic N) is 1. The van der Waals surface area contributed by atoms with E-state index >= 15 is 0 Å². The Morgan fingerprint density at radius 1 is 1.53 bits per heavy atom. The molecule has 2 N–H and O–H groups in total. The smallest absolute Gasteiger partial charge is 0.252 e. The number of anilines is 1. The van der Waals surface area contributed by atoms with Gasteiger partial charge < -0.3 is 15.0 Å². The third-order valence-electron chi connectivity index (χ3n) is 2.52. The van der Waals surface area contributed by atoms with Crippen LogP contribution in [0, 0.1) is 0 Å². The van der Waals surface area contributed by atoms with Gasteiger partial charge in [-0.25, -0.2) is 4.98 Å². The Kier molecular flexibility index (Phi) is 5.15.